The Labute approximate surface area is 169 Å². The Hall–Kier alpha value is -3.11. The van der Waals surface area contributed by atoms with Crippen molar-refractivity contribution < 1.29 is 4.79 Å². The lowest BCUT2D eigenvalue weighted by atomic mass is 10.3. The fourth-order valence-corrected chi connectivity index (χ4v) is 4.13. The van der Waals surface area contributed by atoms with Crippen LogP contribution in [0.5, 0.6) is 0 Å². The standard InChI is InChI=1S/C18H17N7OS2/c26-17(21-9-12-3-1-2-6-19-12)25-18-22-10-13(28-18)4-7-20-16-15-14(5-8-27-15)23-11-24-16/h1-3,5-6,8,10-11H,4,7,9H2,(H,20,23,24)(H2,21,22,25,26). The Balaban J connectivity index is 1.25. The molecule has 4 rings (SSSR count). The number of aromatic nitrogens is 4. The minimum Gasteiger partial charge on any atom is -0.368 e. The van der Waals surface area contributed by atoms with Crippen molar-refractivity contribution in [3.8, 4) is 0 Å². The van der Waals surface area contributed by atoms with Crippen LogP contribution in [-0.2, 0) is 13.0 Å². The Bertz CT molecular complexity index is 1060. The fourth-order valence-electron chi connectivity index (χ4n) is 2.51. The van der Waals surface area contributed by atoms with Crippen molar-refractivity contribution in [3.05, 3.63) is 58.9 Å². The van der Waals surface area contributed by atoms with Gasteiger partial charge in [-0.05, 0) is 23.6 Å². The summed E-state index contributed by atoms with van der Waals surface area (Å²) < 4.78 is 1.05. The maximum absolute atomic E-state index is 12.0. The molecule has 0 unspecified atom stereocenters. The summed E-state index contributed by atoms with van der Waals surface area (Å²) in [6, 6.07) is 7.26. The zero-order chi connectivity index (χ0) is 19.2. The van der Waals surface area contributed by atoms with Crippen molar-refractivity contribution in [1.29, 1.82) is 0 Å². The van der Waals surface area contributed by atoms with Crippen LogP contribution in [-0.4, -0.2) is 32.5 Å². The molecule has 0 saturated heterocycles. The summed E-state index contributed by atoms with van der Waals surface area (Å²) in [5.74, 6) is 0.844. The highest BCUT2D eigenvalue weighted by molar-refractivity contribution is 7.17. The molecule has 2 amide bonds. The van der Waals surface area contributed by atoms with Gasteiger partial charge >= 0.3 is 6.03 Å². The topological polar surface area (TPSA) is 105 Å². The molecule has 0 aliphatic carbocycles. The van der Waals surface area contributed by atoms with Gasteiger partial charge in [-0.1, -0.05) is 6.07 Å². The van der Waals surface area contributed by atoms with Gasteiger partial charge in [-0.25, -0.2) is 19.7 Å². The average molecular weight is 412 g/mol. The number of rotatable bonds is 7. The van der Waals surface area contributed by atoms with Crippen LogP contribution >= 0.6 is 22.7 Å². The van der Waals surface area contributed by atoms with E-state index in [-0.39, 0.29) is 6.03 Å². The molecule has 0 fully saturated rings. The third kappa shape index (κ3) is 4.59. The summed E-state index contributed by atoms with van der Waals surface area (Å²) in [4.78, 5) is 30.0. The largest absolute Gasteiger partial charge is 0.368 e. The van der Waals surface area contributed by atoms with Crippen molar-refractivity contribution in [1.82, 2.24) is 25.3 Å². The number of amides is 2. The lowest BCUT2D eigenvalue weighted by Crippen LogP contribution is -2.28. The van der Waals surface area contributed by atoms with Gasteiger partial charge in [-0.2, -0.15) is 0 Å². The quantitative estimate of drug-likeness (QED) is 0.430. The number of nitrogens with one attached hydrogen (secondary N) is 3. The van der Waals surface area contributed by atoms with Gasteiger partial charge in [-0.15, -0.1) is 22.7 Å². The summed E-state index contributed by atoms with van der Waals surface area (Å²) in [6.45, 7) is 1.09. The number of fused-ring (bicyclic) bond motifs is 1. The Morgan fingerprint density at radius 2 is 2.07 bits per heavy atom. The minimum absolute atomic E-state index is 0.300. The maximum atomic E-state index is 12.0. The van der Waals surface area contributed by atoms with E-state index in [4.69, 9.17) is 0 Å². The van der Waals surface area contributed by atoms with Crippen molar-refractivity contribution in [2.24, 2.45) is 0 Å². The molecule has 0 aliphatic rings. The number of thiazole rings is 1. The molecule has 4 aromatic rings. The smallest absolute Gasteiger partial charge is 0.321 e. The number of anilines is 2. The third-order valence-corrected chi connectivity index (χ3v) is 5.72. The van der Waals surface area contributed by atoms with Crippen LogP contribution in [0.4, 0.5) is 15.7 Å². The lowest BCUT2D eigenvalue weighted by molar-refractivity contribution is 0.251. The van der Waals surface area contributed by atoms with E-state index in [0.29, 0.717) is 11.7 Å². The number of nitrogens with zero attached hydrogens (tertiary/aromatic N) is 4. The summed E-state index contributed by atoms with van der Waals surface area (Å²) in [6.07, 6.45) is 5.82. The lowest BCUT2D eigenvalue weighted by Gasteiger charge is -2.05. The van der Waals surface area contributed by atoms with Crippen LogP contribution in [0, 0.1) is 0 Å². The van der Waals surface area contributed by atoms with E-state index in [2.05, 4.69) is 35.9 Å². The molecule has 0 saturated carbocycles. The van der Waals surface area contributed by atoms with Gasteiger partial charge in [0.1, 0.15) is 12.1 Å². The van der Waals surface area contributed by atoms with Crippen molar-refractivity contribution >= 4 is 49.9 Å². The highest BCUT2D eigenvalue weighted by Gasteiger charge is 2.08. The molecule has 4 aromatic heterocycles. The third-order valence-electron chi connectivity index (χ3n) is 3.84. The summed E-state index contributed by atoms with van der Waals surface area (Å²) in [5.41, 5.74) is 1.75. The number of pyridine rings is 1. The van der Waals surface area contributed by atoms with Crippen LogP contribution in [0.3, 0.4) is 0 Å². The van der Waals surface area contributed by atoms with Crippen LogP contribution in [0.25, 0.3) is 10.2 Å². The number of thiophene rings is 1. The number of urea groups is 1. The van der Waals surface area contributed by atoms with E-state index in [1.54, 1.807) is 30.1 Å². The number of hydrogen-bond acceptors (Lipinski definition) is 8. The van der Waals surface area contributed by atoms with E-state index >= 15 is 0 Å². The van der Waals surface area contributed by atoms with Crippen molar-refractivity contribution in [2.45, 2.75) is 13.0 Å². The molecule has 10 heteroatoms. The van der Waals surface area contributed by atoms with E-state index in [1.165, 1.54) is 11.3 Å². The van der Waals surface area contributed by atoms with Crippen LogP contribution in [0.15, 0.2) is 48.4 Å². The monoisotopic (exact) mass is 411 g/mol. The summed E-state index contributed by atoms with van der Waals surface area (Å²) in [7, 11) is 0. The Kier molecular flexibility index (Phi) is 5.69. The van der Waals surface area contributed by atoms with E-state index in [0.717, 1.165) is 39.6 Å². The number of carbonyl (C=O) groups excluding carboxylic acids is 1. The molecular weight excluding hydrogens is 394 g/mol. The first-order chi connectivity index (χ1) is 13.8. The molecule has 142 valence electrons. The summed E-state index contributed by atoms with van der Waals surface area (Å²) >= 11 is 3.07. The van der Waals surface area contributed by atoms with Gasteiger partial charge in [-0.3, -0.25) is 10.3 Å². The Morgan fingerprint density at radius 3 is 2.96 bits per heavy atom. The molecule has 4 heterocycles. The van der Waals surface area contributed by atoms with Crippen molar-refractivity contribution in [2.75, 3.05) is 17.2 Å². The first-order valence-electron chi connectivity index (χ1n) is 8.59. The summed E-state index contributed by atoms with van der Waals surface area (Å²) in [5, 5.41) is 11.4. The number of hydrogen-bond donors (Lipinski definition) is 3. The first kappa shape index (κ1) is 18.3. The zero-order valence-corrected chi connectivity index (χ0v) is 16.4. The van der Waals surface area contributed by atoms with E-state index < -0.39 is 0 Å². The van der Waals surface area contributed by atoms with Gasteiger partial charge in [0.25, 0.3) is 0 Å². The van der Waals surface area contributed by atoms with E-state index in [1.807, 2.05) is 29.6 Å². The van der Waals surface area contributed by atoms with Crippen LogP contribution in [0.2, 0.25) is 0 Å². The van der Waals surface area contributed by atoms with E-state index in [9.17, 15) is 4.79 Å². The van der Waals surface area contributed by atoms with Gasteiger partial charge in [0, 0.05) is 30.2 Å². The van der Waals surface area contributed by atoms with Crippen LogP contribution < -0.4 is 16.0 Å². The first-order valence-corrected chi connectivity index (χ1v) is 10.3. The molecular formula is C18H17N7OS2. The SMILES string of the molecule is O=C(NCc1ccccn1)Nc1ncc(CCNc2ncnc3ccsc23)s1. The molecule has 3 N–H and O–H groups in total. The van der Waals surface area contributed by atoms with Gasteiger partial charge in [0.05, 0.1) is 22.5 Å². The molecule has 0 bridgehead atoms. The molecule has 0 atom stereocenters. The van der Waals surface area contributed by atoms with Crippen molar-refractivity contribution in [3.63, 3.8) is 0 Å². The maximum Gasteiger partial charge on any atom is 0.321 e. The Morgan fingerprint density at radius 1 is 1.11 bits per heavy atom. The zero-order valence-electron chi connectivity index (χ0n) is 14.8. The van der Waals surface area contributed by atoms with Crippen LogP contribution in [0.1, 0.15) is 10.6 Å². The molecule has 0 aromatic carbocycles. The molecule has 0 aliphatic heterocycles. The normalized spacial score (nSPS) is 10.7. The predicted octanol–water partition coefficient (Wildman–Crippen LogP) is 3.52. The second-order valence-corrected chi connectivity index (χ2v) is 7.83. The number of carbonyl (C=O) groups is 1. The highest BCUT2D eigenvalue weighted by Crippen LogP contribution is 2.25. The van der Waals surface area contributed by atoms with Gasteiger partial charge in [0.2, 0.25) is 0 Å². The highest BCUT2D eigenvalue weighted by atomic mass is 32.1. The molecule has 8 nitrogen and oxygen atoms in total. The predicted molar refractivity (Wildman–Crippen MR) is 112 cm³/mol. The fraction of sp³-hybridized carbons (Fsp3) is 0.167. The second-order valence-electron chi connectivity index (χ2n) is 5.79. The average Bonchev–Trinajstić information content (AvgIpc) is 3.37. The minimum atomic E-state index is -0.300. The molecule has 28 heavy (non-hydrogen) atoms. The van der Waals surface area contributed by atoms with Gasteiger partial charge < -0.3 is 10.6 Å². The second kappa shape index (κ2) is 8.72. The molecule has 0 spiro atoms. The molecule has 0 radical (unpaired) electrons. The van der Waals surface area contributed by atoms with Gasteiger partial charge in [0.15, 0.2) is 5.13 Å².